The monoisotopic (exact) mass is 255 g/mol. The van der Waals surface area contributed by atoms with Crippen LogP contribution in [-0.4, -0.2) is 46.3 Å². The van der Waals surface area contributed by atoms with Gasteiger partial charge in [-0.3, -0.25) is 9.69 Å². The Morgan fingerprint density at radius 1 is 1.22 bits per heavy atom. The Bertz CT molecular complexity index is 311. The lowest BCUT2D eigenvalue weighted by molar-refractivity contribution is -0.161. The van der Waals surface area contributed by atoms with Crippen molar-refractivity contribution in [2.24, 2.45) is 0 Å². The summed E-state index contributed by atoms with van der Waals surface area (Å²) in [5, 5.41) is 9.99. The summed E-state index contributed by atoms with van der Waals surface area (Å²) in [5.41, 5.74) is -0.431. The van der Waals surface area contributed by atoms with E-state index >= 15 is 0 Å². The van der Waals surface area contributed by atoms with Crippen LogP contribution in [0.3, 0.4) is 0 Å². The fourth-order valence-electron chi connectivity index (χ4n) is 3.12. The van der Waals surface area contributed by atoms with Gasteiger partial charge in [0.1, 0.15) is 11.6 Å². The first-order valence-electron chi connectivity index (χ1n) is 7.05. The molecule has 1 saturated heterocycles. The molecule has 0 radical (unpaired) electrons. The number of carbonyl (C=O) groups excluding carboxylic acids is 1. The van der Waals surface area contributed by atoms with Gasteiger partial charge in [-0.05, 0) is 59.4 Å². The second-order valence-corrected chi connectivity index (χ2v) is 6.49. The zero-order valence-corrected chi connectivity index (χ0v) is 11.7. The molecule has 0 spiro atoms. The number of likely N-dealkylation sites (tertiary alicyclic amines) is 1. The molecule has 4 nitrogen and oxygen atoms in total. The highest BCUT2D eigenvalue weighted by Crippen LogP contribution is 2.31. The zero-order chi connectivity index (χ0) is 13.3. The van der Waals surface area contributed by atoms with Gasteiger partial charge in [0.2, 0.25) is 0 Å². The maximum atomic E-state index is 12.2. The molecule has 2 rings (SSSR count). The van der Waals surface area contributed by atoms with Crippen LogP contribution < -0.4 is 0 Å². The summed E-state index contributed by atoms with van der Waals surface area (Å²) in [6.45, 7) is 6.60. The minimum Gasteiger partial charge on any atom is -0.459 e. The van der Waals surface area contributed by atoms with Crippen LogP contribution in [-0.2, 0) is 9.53 Å². The van der Waals surface area contributed by atoms with E-state index in [4.69, 9.17) is 4.74 Å². The molecule has 18 heavy (non-hydrogen) atoms. The summed E-state index contributed by atoms with van der Waals surface area (Å²) in [6.07, 6.45) is 4.53. The standard InChI is InChI=1S/C14H25NO3/c1-14(2,3)18-13(17)11-7-5-9-15(11)10-6-4-8-12(10)16/h10-12,16H,4-9H2,1-3H3/t10?,11-,12?/m1/s1. The molecule has 1 aliphatic heterocycles. The van der Waals surface area contributed by atoms with E-state index in [1.54, 1.807) is 0 Å². The molecule has 0 aromatic carbocycles. The molecule has 2 fully saturated rings. The lowest BCUT2D eigenvalue weighted by Gasteiger charge is -2.32. The van der Waals surface area contributed by atoms with E-state index in [-0.39, 0.29) is 24.2 Å². The minimum atomic E-state index is -0.431. The average Bonchev–Trinajstić information content (AvgIpc) is 2.82. The Balaban J connectivity index is 2.01. The van der Waals surface area contributed by atoms with Crippen LogP contribution in [0.1, 0.15) is 52.9 Å². The Morgan fingerprint density at radius 3 is 2.50 bits per heavy atom. The smallest absolute Gasteiger partial charge is 0.323 e. The number of aliphatic hydroxyl groups is 1. The summed E-state index contributed by atoms with van der Waals surface area (Å²) in [6, 6.07) is 0.00648. The predicted octanol–water partition coefficient (Wildman–Crippen LogP) is 1.71. The van der Waals surface area contributed by atoms with E-state index in [2.05, 4.69) is 4.90 Å². The van der Waals surface area contributed by atoms with Gasteiger partial charge in [-0.15, -0.1) is 0 Å². The Kier molecular flexibility index (Phi) is 3.97. The number of nitrogens with zero attached hydrogens (tertiary/aromatic N) is 1. The second-order valence-electron chi connectivity index (χ2n) is 6.49. The number of esters is 1. The molecule has 3 atom stereocenters. The quantitative estimate of drug-likeness (QED) is 0.763. The van der Waals surface area contributed by atoms with Gasteiger partial charge in [-0.2, -0.15) is 0 Å². The Hall–Kier alpha value is -0.610. The Morgan fingerprint density at radius 2 is 1.94 bits per heavy atom. The number of hydrogen-bond donors (Lipinski definition) is 1. The van der Waals surface area contributed by atoms with Crippen LogP contribution in [0.15, 0.2) is 0 Å². The maximum Gasteiger partial charge on any atom is 0.323 e. The van der Waals surface area contributed by atoms with Gasteiger partial charge in [0.15, 0.2) is 0 Å². The van der Waals surface area contributed by atoms with Gasteiger partial charge in [-0.1, -0.05) is 0 Å². The number of rotatable bonds is 2. The summed E-state index contributed by atoms with van der Waals surface area (Å²) in [5.74, 6) is -0.126. The third-order valence-electron chi connectivity index (χ3n) is 3.84. The van der Waals surface area contributed by atoms with Crippen LogP contribution in [0.5, 0.6) is 0 Å². The summed E-state index contributed by atoms with van der Waals surface area (Å²) < 4.78 is 5.48. The minimum absolute atomic E-state index is 0.126. The van der Waals surface area contributed by atoms with Crippen molar-refractivity contribution < 1.29 is 14.6 Å². The highest BCUT2D eigenvalue weighted by atomic mass is 16.6. The first kappa shape index (κ1) is 13.8. The van der Waals surface area contributed by atoms with E-state index in [0.717, 1.165) is 38.6 Å². The van der Waals surface area contributed by atoms with Gasteiger partial charge in [0.05, 0.1) is 6.10 Å². The van der Waals surface area contributed by atoms with Gasteiger partial charge >= 0.3 is 5.97 Å². The maximum absolute atomic E-state index is 12.2. The second kappa shape index (κ2) is 5.17. The molecular formula is C14H25NO3. The molecule has 2 aliphatic rings. The van der Waals surface area contributed by atoms with Crippen molar-refractivity contribution >= 4 is 5.97 Å². The molecule has 1 heterocycles. The van der Waals surface area contributed by atoms with E-state index in [1.807, 2.05) is 20.8 Å². The van der Waals surface area contributed by atoms with Crippen molar-refractivity contribution in [3.05, 3.63) is 0 Å². The normalized spacial score (nSPS) is 33.9. The molecule has 1 aliphatic carbocycles. The van der Waals surface area contributed by atoms with Crippen LogP contribution in [0.25, 0.3) is 0 Å². The lowest BCUT2D eigenvalue weighted by Crippen LogP contribution is -2.48. The van der Waals surface area contributed by atoms with Crippen LogP contribution in [0, 0.1) is 0 Å². The van der Waals surface area contributed by atoms with Crippen molar-refractivity contribution in [3.63, 3.8) is 0 Å². The van der Waals surface area contributed by atoms with Crippen molar-refractivity contribution in [2.45, 2.75) is 76.7 Å². The number of hydrogen-bond acceptors (Lipinski definition) is 4. The highest BCUT2D eigenvalue weighted by Gasteiger charge is 2.41. The van der Waals surface area contributed by atoms with Crippen molar-refractivity contribution in [1.82, 2.24) is 4.90 Å². The third kappa shape index (κ3) is 3.04. The van der Waals surface area contributed by atoms with E-state index in [1.165, 1.54) is 0 Å². The van der Waals surface area contributed by atoms with Gasteiger partial charge in [0, 0.05) is 6.04 Å². The van der Waals surface area contributed by atoms with Crippen molar-refractivity contribution in [2.75, 3.05) is 6.54 Å². The average molecular weight is 255 g/mol. The molecule has 4 heteroatoms. The molecule has 0 amide bonds. The highest BCUT2D eigenvalue weighted by molar-refractivity contribution is 5.76. The topological polar surface area (TPSA) is 49.8 Å². The van der Waals surface area contributed by atoms with Crippen molar-refractivity contribution in [1.29, 1.82) is 0 Å². The molecule has 0 aromatic rings. The molecule has 1 N–H and O–H groups in total. The summed E-state index contributed by atoms with van der Waals surface area (Å²) >= 11 is 0. The predicted molar refractivity (Wildman–Crippen MR) is 69.2 cm³/mol. The van der Waals surface area contributed by atoms with Crippen LogP contribution in [0.2, 0.25) is 0 Å². The molecule has 0 bridgehead atoms. The lowest BCUT2D eigenvalue weighted by atomic mass is 10.1. The number of ether oxygens (including phenoxy) is 1. The SMILES string of the molecule is CC(C)(C)OC(=O)[C@H]1CCCN1C1CCCC1O. The van der Waals surface area contributed by atoms with Crippen molar-refractivity contribution in [3.8, 4) is 0 Å². The summed E-state index contributed by atoms with van der Waals surface area (Å²) in [4.78, 5) is 14.4. The molecule has 1 saturated carbocycles. The fraction of sp³-hybridized carbons (Fsp3) is 0.929. The Labute approximate surface area is 109 Å². The molecular weight excluding hydrogens is 230 g/mol. The van der Waals surface area contributed by atoms with Crippen LogP contribution in [0.4, 0.5) is 0 Å². The third-order valence-corrected chi connectivity index (χ3v) is 3.84. The number of carbonyl (C=O) groups is 1. The first-order valence-corrected chi connectivity index (χ1v) is 7.05. The van der Waals surface area contributed by atoms with E-state index in [0.29, 0.717) is 0 Å². The van der Waals surface area contributed by atoms with E-state index in [9.17, 15) is 9.90 Å². The van der Waals surface area contributed by atoms with Gasteiger partial charge < -0.3 is 9.84 Å². The summed E-state index contributed by atoms with van der Waals surface area (Å²) in [7, 11) is 0. The van der Waals surface area contributed by atoms with Gasteiger partial charge in [0.25, 0.3) is 0 Å². The first-order chi connectivity index (χ1) is 8.38. The molecule has 0 aromatic heterocycles. The fourth-order valence-corrected chi connectivity index (χ4v) is 3.12. The number of aliphatic hydroxyl groups excluding tert-OH is 1. The zero-order valence-electron chi connectivity index (χ0n) is 11.7. The van der Waals surface area contributed by atoms with E-state index < -0.39 is 5.60 Å². The largest absolute Gasteiger partial charge is 0.459 e. The molecule has 104 valence electrons. The van der Waals surface area contributed by atoms with Gasteiger partial charge in [-0.25, -0.2) is 0 Å². The molecule has 2 unspecified atom stereocenters. The van der Waals surface area contributed by atoms with Crippen LogP contribution >= 0.6 is 0 Å².